The van der Waals surface area contributed by atoms with Crippen molar-refractivity contribution in [1.82, 2.24) is 10.2 Å². The van der Waals surface area contributed by atoms with Crippen LogP contribution in [0.25, 0.3) is 0 Å². The maximum atomic E-state index is 13.2. The van der Waals surface area contributed by atoms with E-state index in [9.17, 15) is 13.6 Å². The number of nitrogens with one attached hydrogen (secondary N) is 1. The molecule has 0 aliphatic carbocycles. The Bertz CT molecular complexity index is 265. The van der Waals surface area contributed by atoms with Gasteiger partial charge in [0.05, 0.1) is 12.6 Å². The molecule has 3 nitrogen and oxygen atoms in total. The van der Waals surface area contributed by atoms with E-state index in [4.69, 9.17) is 0 Å². The first-order valence-electron chi connectivity index (χ1n) is 5.98. The van der Waals surface area contributed by atoms with E-state index in [0.717, 1.165) is 25.8 Å². The SMILES string of the molecule is O=C([C@H]1CCCCN1)N1CCCC(F)(F)C1. The van der Waals surface area contributed by atoms with Gasteiger partial charge in [-0.1, -0.05) is 6.42 Å². The van der Waals surface area contributed by atoms with E-state index >= 15 is 0 Å². The monoisotopic (exact) mass is 232 g/mol. The summed E-state index contributed by atoms with van der Waals surface area (Å²) in [6.45, 7) is 0.900. The summed E-state index contributed by atoms with van der Waals surface area (Å²) >= 11 is 0. The minimum Gasteiger partial charge on any atom is -0.335 e. The Balaban J connectivity index is 1.93. The van der Waals surface area contributed by atoms with E-state index in [1.165, 1.54) is 4.90 Å². The van der Waals surface area contributed by atoms with Gasteiger partial charge in [-0.05, 0) is 25.8 Å². The Hall–Kier alpha value is -0.710. The van der Waals surface area contributed by atoms with Crippen molar-refractivity contribution in [1.29, 1.82) is 0 Å². The van der Waals surface area contributed by atoms with Gasteiger partial charge in [-0.3, -0.25) is 4.79 Å². The number of alkyl halides is 2. The van der Waals surface area contributed by atoms with Gasteiger partial charge >= 0.3 is 0 Å². The molecule has 0 spiro atoms. The molecule has 0 radical (unpaired) electrons. The van der Waals surface area contributed by atoms with Crippen molar-refractivity contribution in [3.05, 3.63) is 0 Å². The predicted molar refractivity (Wildman–Crippen MR) is 56.4 cm³/mol. The third kappa shape index (κ3) is 2.70. The maximum Gasteiger partial charge on any atom is 0.265 e. The summed E-state index contributed by atoms with van der Waals surface area (Å²) in [4.78, 5) is 13.3. The highest BCUT2D eigenvalue weighted by atomic mass is 19.3. The number of halogens is 2. The molecule has 2 aliphatic rings. The highest BCUT2D eigenvalue weighted by Crippen LogP contribution is 2.27. The number of hydrogen-bond acceptors (Lipinski definition) is 2. The number of nitrogens with zero attached hydrogens (tertiary/aromatic N) is 1. The number of hydrogen-bond donors (Lipinski definition) is 1. The highest BCUT2D eigenvalue weighted by Gasteiger charge is 2.38. The normalized spacial score (nSPS) is 30.1. The molecule has 0 aromatic carbocycles. The predicted octanol–water partition coefficient (Wildman–Crippen LogP) is 1.39. The lowest BCUT2D eigenvalue weighted by Crippen LogP contribution is -2.53. The summed E-state index contributed by atoms with van der Waals surface area (Å²) in [6.07, 6.45) is 3.18. The molecule has 2 aliphatic heterocycles. The van der Waals surface area contributed by atoms with E-state index < -0.39 is 12.5 Å². The zero-order chi connectivity index (χ0) is 11.6. The zero-order valence-electron chi connectivity index (χ0n) is 9.35. The van der Waals surface area contributed by atoms with Gasteiger partial charge < -0.3 is 10.2 Å². The molecule has 2 saturated heterocycles. The number of carbonyl (C=O) groups is 1. The van der Waals surface area contributed by atoms with E-state index in [0.29, 0.717) is 13.0 Å². The van der Waals surface area contributed by atoms with Crippen molar-refractivity contribution in [2.45, 2.75) is 44.1 Å². The van der Waals surface area contributed by atoms with Gasteiger partial charge in [0.1, 0.15) is 0 Å². The van der Waals surface area contributed by atoms with Gasteiger partial charge in [0.25, 0.3) is 5.92 Å². The highest BCUT2D eigenvalue weighted by molar-refractivity contribution is 5.82. The molecular formula is C11H18F2N2O. The van der Waals surface area contributed by atoms with Crippen molar-refractivity contribution in [3.63, 3.8) is 0 Å². The number of amides is 1. The molecule has 0 aromatic heterocycles. The molecule has 0 bridgehead atoms. The standard InChI is InChI=1S/C11H18F2N2O/c12-11(13)5-3-7-15(8-11)10(16)9-4-1-2-6-14-9/h9,14H,1-8H2/t9-/m1/s1. The first-order valence-corrected chi connectivity index (χ1v) is 5.98. The fourth-order valence-electron chi connectivity index (χ4n) is 2.44. The summed E-state index contributed by atoms with van der Waals surface area (Å²) in [5.74, 6) is -2.83. The summed E-state index contributed by atoms with van der Waals surface area (Å²) in [6, 6.07) is -0.234. The van der Waals surface area contributed by atoms with Crippen LogP contribution in [-0.2, 0) is 4.79 Å². The van der Waals surface area contributed by atoms with Gasteiger partial charge in [-0.2, -0.15) is 0 Å². The van der Waals surface area contributed by atoms with Gasteiger partial charge in [0, 0.05) is 13.0 Å². The summed E-state index contributed by atoms with van der Waals surface area (Å²) in [5.41, 5.74) is 0. The van der Waals surface area contributed by atoms with Crippen LogP contribution in [0.5, 0.6) is 0 Å². The molecule has 0 unspecified atom stereocenters. The maximum absolute atomic E-state index is 13.2. The molecule has 92 valence electrons. The lowest BCUT2D eigenvalue weighted by molar-refractivity contribution is -0.144. The Labute approximate surface area is 94.2 Å². The molecule has 2 heterocycles. The molecule has 16 heavy (non-hydrogen) atoms. The van der Waals surface area contributed by atoms with Crippen LogP contribution in [0, 0.1) is 0 Å². The average Bonchev–Trinajstić information content (AvgIpc) is 2.28. The van der Waals surface area contributed by atoms with Gasteiger partial charge in [0.15, 0.2) is 0 Å². The Morgan fingerprint density at radius 3 is 2.75 bits per heavy atom. The molecule has 0 aromatic rings. The van der Waals surface area contributed by atoms with E-state index in [1.54, 1.807) is 0 Å². The van der Waals surface area contributed by atoms with Crippen molar-refractivity contribution in [2.75, 3.05) is 19.6 Å². The van der Waals surface area contributed by atoms with Crippen LogP contribution >= 0.6 is 0 Å². The van der Waals surface area contributed by atoms with Crippen LogP contribution in [0.15, 0.2) is 0 Å². The summed E-state index contributed by atoms with van der Waals surface area (Å²) < 4.78 is 26.3. The second-order valence-corrected chi connectivity index (χ2v) is 4.72. The van der Waals surface area contributed by atoms with Gasteiger partial charge in [-0.25, -0.2) is 8.78 Å². The topological polar surface area (TPSA) is 32.3 Å². The first-order chi connectivity index (χ1) is 7.58. The molecule has 2 fully saturated rings. The van der Waals surface area contributed by atoms with Crippen LogP contribution in [-0.4, -0.2) is 42.4 Å². The van der Waals surface area contributed by atoms with Crippen LogP contribution < -0.4 is 5.32 Å². The molecule has 1 amide bonds. The van der Waals surface area contributed by atoms with E-state index in [-0.39, 0.29) is 18.4 Å². The smallest absolute Gasteiger partial charge is 0.265 e. The van der Waals surface area contributed by atoms with Crippen molar-refractivity contribution >= 4 is 5.91 Å². The molecular weight excluding hydrogens is 214 g/mol. The molecule has 5 heteroatoms. The zero-order valence-corrected chi connectivity index (χ0v) is 9.35. The Morgan fingerprint density at radius 2 is 2.12 bits per heavy atom. The summed E-state index contributed by atoms with van der Waals surface area (Å²) in [7, 11) is 0. The molecule has 0 saturated carbocycles. The van der Waals surface area contributed by atoms with Crippen molar-refractivity contribution < 1.29 is 13.6 Å². The Morgan fingerprint density at radius 1 is 1.31 bits per heavy atom. The lowest BCUT2D eigenvalue weighted by Gasteiger charge is -2.35. The number of carbonyl (C=O) groups excluding carboxylic acids is 1. The number of rotatable bonds is 1. The summed E-state index contributed by atoms with van der Waals surface area (Å²) in [5, 5.41) is 3.11. The second-order valence-electron chi connectivity index (χ2n) is 4.72. The molecule has 1 N–H and O–H groups in total. The average molecular weight is 232 g/mol. The van der Waals surface area contributed by atoms with Crippen LogP contribution in [0.3, 0.4) is 0 Å². The second kappa shape index (κ2) is 4.65. The van der Waals surface area contributed by atoms with Crippen LogP contribution in [0.4, 0.5) is 8.78 Å². The minimum atomic E-state index is -2.69. The molecule has 2 rings (SSSR count). The third-order valence-electron chi connectivity index (χ3n) is 3.31. The van der Waals surface area contributed by atoms with Crippen LogP contribution in [0.1, 0.15) is 32.1 Å². The van der Waals surface area contributed by atoms with E-state index in [1.807, 2.05) is 0 Å². The lowest BCUT2D eigenvalue weighted by atomic mass is 10.0. The largest absolute Gasteiger partial charge is 0.335 e. The molecule has 1 atom stereocenters. The fraction of sp³-hybridized carbons (Fsp3) is 0.909. The van der Waals surface area contributed by atoms with Crippen LogP contribution in [0.2, 0.25) is 0 Å². The third-order valence-corrected chi connectivity index (χ3v) is 3.31. The van der Waals surface area contributed by atoms with E-state index in [2.05, 4.69) is 5.32 Å². The fourth-order valence-corrected chi connectivity index (χ4v) is 2.44. The van der Waals surface area contributed by atoms with Gasteiger partial charge in [0.2, 0.25) is 5.91 Å². The van der Waals surface area contributed by atoms with Crippen molar-refractivity contribution in [2.24, 2.45) is 0 Å². The van der Waals surface area contributed by atoms with Crippen molar-refractivity contribution in [3.8, 4) is 0 Å². The first kappa shape index (κ1) is 11.8. The minimum absolute atomic E-state index is 0.0884. The van der Waals surface area contributed by atoms with Gasteiger partial charge in [-0.15, -0.1) is 0 Å². The quantitative estimate of drug-likeness (QED) is 0.741. The number of likely N-dealkylation sites (tertiary alicyclic amines) is 1. The Kier molecular flexibility index (Phi) is 3.42. The number of piperidine rings is 2.